The first kappa shape index (κ1) is 20.4. The van der Waals surface area contributed by atoms with Gasteiger partial charge in [0.25, 0.3) is 5.91 Å². The predicted molar refractivity (Wildman–Crippen MR) is 93.2 cm³/mol. The van der Waals surface area contributed by atoms with Crippen molar-refractivity contribution in [2.75, 3.05) is 13.2 Å². The second kappa shape index (κ2) is 7.48. The van der Waals surface area contributed by atoms with Gasteiger partial charge in [0, 0.05) is 19.0 Å². The summed E-state index contributed by atoms with van der Waals surface area (Å²) in [5.74, 6) is -0.657. The number of imide groups is 1. The molecule has 0 saturated carbocycles. The first-order valence-electron chi connectivity index (χ1n) is 8.01. The van der Waals surface area contributed by atoms with E-state index in [0.29, 0.717) is 18.5 Å². The highest BCUT2D eigenvalue weighted by Gasteiger charge is 2.38. The van der Waals surface area contributed by atoms with Gasteiger partial charge in [-0.15, -0.1) is 0 Å². The molecule has 8 heteroatoms. The number of rotatable bonds is 5. The van der Waals surface area contributed by atoms with Gasteiger partial charge in [-0.3, -0.25) is 14.5 Å². The van der Waals surface area contributed by atoms with Gasteiger partial charge in [0.15, 0.2) is 8.32 Å². The third-order valence-corrected chi connectivity index (χ3v) is 9.15. The number of nitrogens with zero attached hydrogens (tertiary/aromatic N) is 1. The predicted octanol–water partition coefficient (Wildman–Crippen LogP) is 2.35. The highest BCUT2D eigenvalue weighted by atomic mass is 28.4. The molecule has 0 bridgehead atoms. The monoisotopic (exact) mass is 356 g/mol. The summed E-state index contributed by atoms with van der Waals surface area (Å²) in [5, 5.41) is 11.4. The van der Waals surface area contributed by atoms with Gasteiger partial charge < -0.3 is 14.8 Å². The van der Waals surface area contributed by atoms with Crippen LogP contribution >= 0.6 is 0 Å². The molecule has 1 fully saturated rings. The largest absolute Gasteiger partial charge is 0.465 e. The molecule has 0 aromatic heterocycles. The summed E-state index contributed by atoms with van der Waals surface area (Å²) in [7, 11) is -2.03. The summed E-state index contributed by atoms with van der Waals surface area (Å²) < 4.78 is 6.05. The number of amides is 3. The number of nitrogens with one attached hydrogen (secondary N) is 1. The molecular weight excluding hydrogens is 328 g/mol. The molecule has 1 atom stereocenters. The standard InChI is InChI=1S/C16H28N2O5Si/c1-11(19)18-8-7-12(14(18)20)9-13(17-15(21)22)10-23-24(5,6)16(2,3)4/h9,13,17H,7-8,10H2,1-6H3,(H,21,22). The van der Waals surface area contributed by atoms with Gasteiger partial charge in [-0.1, -0.05) is 26.8 Å². The molecule has 2 N–H and O–H groups in total. The maximum atomic E-state index is 12.2. The molecule has 24 heavy (non-hydrogen) atoms. The topological polar surface area (TPSA) is 95.9 Å². The summed E-state index contributed by atoms with van der Waals surface area (Å²) >= 11 is 0. The first-order valence-corrected chi connectivity index (χ1v) is 10.9. The van der Waals surface area contributed by atoms with E-state index in [1.54, 1.807) is 6.08 Å². The number of carbonyl (C=O) groups is 3. The zero-order valence-electron chi connectivity index (χ0n) is 15.3. The number of likely N-dealkylation sites (tertiary alicyclic amines) is 1. The second-order valence-corrected chi connectivity index (χ2v) is 12.4. The summed E-state index contributed by atoms with van der Waals surface area (Å²) in [4.78, 5) is 35.7. The minimum Gasteiger partial charge on any atom is -0.465 e. The van der Waals surface area contributed by atoms with Crippen molar-refractivity contribution < 1.29 is 23.9 Å². The Labute approximate surface area is 144 Å². The number of carbonyl (C=O) groups excluding carboxylic acids is 2. The van der Waals surface area contributed by atoms with E-state index in [0.717, 1.165) is 0 Å². The molecule has 1 rings (SSSR count). The molecule has 1 aliphatic heterocycles. The second-order valence-electron chi connectivity index (χ2n) is 7.55. The Bertz CT molecular complexity index is 551. The van der Waals surface area contributed by atoms with Crippen LogP contribution in [0, 0.1) is 0 Å². The Hall–Kier alpha value is -1.67. The molecule has 136 valence electrons. The quantitative estimate of drug-likeness (QED) is 0.582. The lowest BCUT2D eigenvalue weighted by Crippen LogP contribution is -2.45. The third-order valence-electron chi connectivity index (χ3n) is 4.65. The van der Waals surface area contributed by atoms with Crippen LogP contribution in [0.15, 0.2) is 11.6 Å². The van der Waals surface area contributed by atoms with E-state index in [4.69, 9.17) is 9.53 Å². The van der Waals surface area contributed by atoms with E-state index < -0.39 is 20.5 Å². The Morgan fingerprint density at radius 1 is 1.42 bits per heavy atom. The molecule has 0 aromatic rings. The number of carboxylic acid groups (broad SMARTS) is 1. The Balaban J connectivity index is 2.87. The molecule has 0 aliphatic carbocycles. The van der Waals surface area contributed by atoms with Crippen molar-refractivity contribution in [3.8, 4) is 0 Å². The normalized spacial score (nSPS) is 18.8. The zero-order valence-corrected chi connectivity index (χ0v) is 16.3. The van der Waals surface area contributed by atoms with Crippen LogP contribution < -0.4 is 5.32 Å². The van der Waals surface area contributed by atoms with Crippen LogP contribution in [0.3, 0.4) is 0 Å². The highest BCUT2D eigenvalue weighted by molar-refractivity contribution is 6.74. The highest BCUT2D eigenvalue weighted by Crippen LogP contribution is 2.36. The Morgan fingerprint density at radius 2 is 2.00 bits per heavy atom. The van der Waals surface area contributed by atoms with E-state index in [2.05, 4.69) is 39.2 Å². The molecule has 7 nitrogen and oxygen atoms in total. The molecule has 1 heterocycles. The lowest BCUT2D eigenvalue weighted by Gasteiger charge is -2.37. The number of hydrogen-bond acceptors (Lipinski definition) is 4. The summed E-state index contributed by atoms with van der Waals surface area (Å²) in [5.41, 5.74) is 0.447. The van der Waals surface area contributed by atoms with Crippen LogP contribution in [0.2, 0.25) is 18.1 Å². The van der Waals surface area contributed by atoms with Crippen LogP contribution in [0.25, 0.3) is 0 Å². The molecule has 3 amide bonds. The third kappa shape index (κ3) is 5.17. The van der Waals surface area contributed by atoms with Gasteiger partial charge in [-0.05, 0) is 24.6 Å². The average Bonchev–Trinajstić information content (AvgIpc) is 2.76. The van der Waals surface area contributed by atoms with E-state index in [1.165, 1.54) is 11.8 Å². The van der Waals surface area contributed by atoms with Crippen LogP contribution in [0.1, 0.15) is 34.1 Å². The van der Waals surface area contributed by atoms with Crippen molar-refractivity contribution in [3.05, 3.63) is 11.6 Å². The van der Waals surface area contributed by atoms with Crippen LogP contribution in [-0.2, 0) is 14.0 Å². The SMILES string of the molecule is CC(=O)N1CCC(=CC(CO[Si](C)(C)C(C)(C)C)NC(=O)O)C1=O. The van der Waals surface area contributed by atoms with E-state index in [1.807, 2.05) is 0 Å². The minimum absolute atomic E-state index is 0.00250. The molecule has 0 aromatic carbocycles. The molecule has 0 spiro atoms. The summed E-state index contributed by atoms with van der Waals surface area (Å²) in [6.45, 7) is 12.3. The van der Waals surface area contributed by atoms with Crippen LogP contribution in [-0.4, -0.2) is 55.4 Å². The zero-order chi connectivity index (χ0) is 18.7. The van der Waals surface area contributed by atoms with Crippen molar-refractivity contribution in [1.82, 2.24) is 10.2 Å². The minimum atomic E-state index is -2.03. The van der Waals surface area contributed by atoms with Gasteiger partial charge >= 0.3 is 6.09 Å². The van der Waals surface area contributed by atoms with Crippen molar-refractivity contribution in [1.29, 1.82) is 0 Å². The van der Waals surface area contributed by atoms with Gasteiger partial charge in [0.1, 0.15) is 0 Å². The van der Waals surface area contributed by atoms with E-state index >= 15 is 0 Å². The van der Waals surface area contributed by atoms with Crippen LogP contribution in [0.4, 0.5) is 4.79 Å². The maximum Gasteiger partial charge on any atom is 0.405 e. The molecule has 0 radical (unpaired) electrons. The first-order chi connectivity index (χ1) is 10.8. The van der Waals surface area contributed by atoms with Gasteiger partial charge in [0.2, 0.25) is 5.91 Å². The summed E-state index contributed by atoms with van der Waals surface area (Å²) in [6, 6.07) is -0.623. The van der Waals surface area contributed by atoms with Gasteiger partial charge in [-0.2, -0.15) is 0 Å². The average molecular weight is 356 g/mol. The lowest BCUT2D eigenvalue weighted by molar-refractivity contribution is -0.138. The van der Waals surface area contributed by atoms with Gasteiger partial charge in [0.05, 0.1) is 12.6 Å². The van der Waals surface area contributed by atoms with Crippen molar-refractivity contribution in [2.24, 2.45) is 0 Å². The number of hydrogen-bond donors (Lipinski definition) is 2. The smallest absolute Gasteiger partial charge is 0.405 e. The summed E-state index contributed by atoms with van der Waals surface area (Å²) in [6.07, 6.45) is 0.826. The fourth-order valence-electron chi connectivity index (χ4n) is 2.12. The van der Waals surface area contributed by atoms with Crippen LogP contribution in [0.5, 0.6) is 0 Å². The fourth-order valence-corrected chi connectivity index (χ4v) is 3.15. The molecule has 1 saturated heterocycles. The Morgan fingerprint density at radius 3 is 2.42 bits per heavy atom. The van der Waals surface area contributed by atoms with Crippen molar-refractivity contribution in [3.63, 3.8) is 0 Å². The molecular formula is C16H28N2O5Si. The van der Waals surface area contributed by atoms with E-state index in [-0.39, 0.29) is 23.5 Å². The van der Waals surface area contributed by atoms with Crippen molar-refractivity contribution in [2.45, 2.75) is 58.3 Å². The fraction of sp³-hybridized carbons (Fsp3) is 0.688. The van der Waals surface area contributed by atoms with Gasteiger partial charge in [-0.25, -0.2) is 4.79 Å². The molecule has 1 aliphatic rings. The Kier molecular flexibility index (Phi) is 6.35. The molecule has 1 unspecified atom stereocenters. The van der Waals surface area contributed by atoms with E-state index in [9.17, 15) is 14.4 Å². The lowest BCUT2D eigenvalue weighted by atomic mass is 10.1. The maximum absolute atomic E-state index is 12.2. The van der Waals surface area contributed by atoms with Crippen molar-refractivity contribution >= 4 is 26.2 Å².